The van der Waals surface area contributed by atoms with Crippen LogP contribution in [0.4, 0.5) is 5.69 Å². The number of rotatable bonds is 4. The molecule has 1 N–H and O–H groups in total. The molecule has 0 bridgehead atoms. The first-order valence-electron chi connectivity index (χ1n) is 6.37. The number of nitrogens with one attached hydrogen (secondary N) is 1. The van der Waals surface area contributed by atoms with E-state index < -0.39 is 0 Å². The Balaban J connectivity index is 1.97. The summed E-state index contributed by atoms with van der Waals surface area (Å²) in [5.74, 6) is 0.975. The van der Waals surface area contributed by atoms with Gasteiger partial charge in [0.05, 0.1) is 5.02 Å². The lowest BCUT2D eigenvalue weighted by molar-refractivity contribution is 0.756. The number of halogens is 2. The predicted octanol–water partition coefficient (Wildman–Crippen LogP) is 5.10. The summed E-state index contributed by atoms with van der Waals surface area (Å²) in [6.45, 7) is 0. The molecule has 6 heteroatoms. The summed E-state index contributed by atoms with van der Waals surface area (Å²) in [7, 11) is 2.00. The van der Waals surface area contributed by atoms with Crippen molar-refractivity contribution < 1.29 is 0 Å². The highest BCUT2D eigenvalue weighted by Gasteiger charge is 2.19. The van der Waals surface area contributed by atoms with E-state index >= 15 is 0 Å². The van der Waals surface area contributed by atoms with E-state index in [1.165, 1.54) is 4.88 Å². The Labute approximate surface area is 140 Å². The third kappa shape index (κ3) is 3.15. The van der Waals surface area contributed by atoms with E-state index in [1.807, 2.05) is 42.2 Å². The average Bonchev–Trinajstić information content (AvgIpc) is 3.12. The molecule has 0 radical (unpaired) electrons. The van der Waals surface area contributed by atoms with Crippen LogP contribution in [-0.4, -0.2) is 9.55 Å². The van der Waals surface area contributed by atoms with Crippen LogP contribution in [0, 0.1) is 0 Å². The Morgan fingerprint density at radius 1 is 1.38 bits per heavy atom. The van der Waals surface area contributed by atoms with Crippen LogP contribution in [-0.2, 0) is 7.05 Å². The number of aromatic nitrogens is 2. The monoisotopic (exact) mass is 381 g/mol. The Morgan fingerprint density at radius 2 is 2.24 bits per heavy atom. The van der Waals surface area contributed by atoms with Crippen molar-refractivity contribution in [3.05, 3.63) is 68.3 Å². The van der Waals surface area contributed by atoms with Gasteiger partial charge in [0, 0.05) is 34.5 Å². The summed E-state index contributed by atoms with van der Waals surface area (Å²) in [5.41, 5.74) is 0.993. The normalized spacial score (nSPS) is 12.3. The van der Waals surface area contributed by atoms with Crippen molar-refractivity contribution in [2.24, 2.45) is 7.05 Å². The second-order valence-corrected chi connectivity index (χ2v) is 6.86. The number of aryl methyl sites for hydroxylation is 1. The molecular weight excluding hydrogens is 370 g/mol. The number of thiophene rings is 1. The van der Waals surface area contributed by atoms with Crippen LogP contribution in [0.5, 0.6) is 0 Å². The minimum atomic E-state index is 0.0121. The number of hydrogen-bond acceptors (Lipinski definition) is 3. The lowest BCUT2D eigenvalue weighted by atomic mass is 10.2. The summed E-state index contributed by atoms with van der Waals surface area (Å²) in [5, 5.41) is 6.30. The fourth-order valence-corrected chi connectivity index (χ4v) is 3.39. The number of anilines is 1. The van der Waals surface area contributed by atoms with Crippen molar-refractivity contribution >= 4 is 44.6 Å². The first-order chi connectivity index (χ1) is 10.1. The van der Waals surface area contributed by atoms with E-state index in [0.29, 0.717) is 5.02 Å². The summed E-state index contributed by atoms with van der Waals surface area (Å²) < 4.78 is 2.90. The molecule has 2 aromatic heterocycles. The molecule has 0 saturated heterocycles. The first-order valence-corrected chi connectivity index (χ1v) is 8.42. The summed E-state index contributed by atoms with van der Waals surface area (Å²) in [6.07, 6.45) is 3.77. The van der Waals surface area contributed by atoms with Crippen molar-refractivity contribution in [3.63, 3.8) is 0 Å². The smallest absolute Gasteiger partial charge is 0.136 e. The molecule has 3 nitrogen and oxygen atoms in total. The van der Waals surface area contributed by atoms with Gasteiger partial charge >= 0.3 is 0 Å². The van der Waals surface area contributed by atoms with Crippen LogP contribution in [0.25, 0.3) is 0 Å². The maximum absolute atomic E-state index is 6.05. The van der Waals surface area contributed by atoms with E-state index in [2.05, 4.69) is 43.7 Å². The SMILES string of the molecule is Cn1ccnc1C(Nc1ccc(Cl)c(Br)c1)c1cccs1. The maximum Gasteiger partial charge on any atom is 0.136 e. The minimum Gasteiger partial charge on any atom is -0.371 e. The second kappa shape index (κ2) is 6.22. The van der Waals surface area contributed by atoms with E-state index in [9.17, 15) is 0 Å². The quantitative estimate of drug-likeness (QED) is 0.680. The molecule has 3 rings (SSSR count). The van der Waals surface area contributed by atoms with Crippen LogP contribution >= 0.6 is 38.9 Å². The molecule has 21 heavy (non-hydrogen) atoms. The standard InChI is InChI=1S/C15H13BrClN3S/c1-20-7-6-18-15(20)14(13-3-2-8-21-13)19-10-4-5-12(17)11(16)9-10/h2-9,14,19H,1H3. The molecule has 0 spiro atoms. The van der Waals surface area contributed by atoms with Crippen molar-refractivity contribution in [1.82, 2.24) is 9.55 Å². The Hall–Kier alpha value is -1.30. The second-order valence-electron chi connectivity index (χ2n) is 4.62. The lowest BCUT2D eigenvalue weighted by Gasteiger charge is -2.19. The van der Waals surface area contributed by atoms with E-state index in [-0.39, 0.29) is 6.04 Å². The van der Waals surface area contributed by atoms with Crippen LogP contribution in [0.3, 0.4) is 0 Å². The third-order valence-corrected chi connectivity index (χ3v) is 5.33. The maximum atomic E-state index is 6.05. The van der Waals surface area contributed by atoms with E-state index in [1.54, 1.807) is 11.3 Å². The Bertz CT molecular complexity index is 739. The zero-order chi connectivity index (χ0) is 14.8. The van der Waals surface area contributed by atoms with Gasteiger partial charge in [0.1, 0.15) is 11.9 Å². The summed E-state index contributed by atoms with van der Waals surface area (Å²) in [6, 6.07) is 10.00. The van der Waals surface area contributed by atoms with Crippen molar-refractivity contribution in [2.45, 2.75) is 6.04 Å². The molecule has 2 heterocycles. The highest BCUT2D eigenvalue weighted by atomic mass is 79.9. The number of hydrogen-bond donors (Lipinski definition) is 1. The van der Waals surface area contributed by atoms with Gasteiger partial charge in [0.25, 0.3) is 0 Å². The molecule has 0 aliphatic heterocycles. The van der Waals surface area contributed by atoms with E-state index in [0.717, 1.165) is 16.0 Å². The summed E-state index contributed by atoms with van der Waals surface area (Å²) >= 11 is 11.2. The molecule has 1 atom stereocenters. The highest BCUT2D eigenvalue weighted by Crippen LogP contribution is 2.31. The fraction of sp³-hybridized carbons (Fsp3) is 0.133. The molecule has 108 valence electrons. The molecule has 0 saturated carbocycles. The first kappa shape index (κ1) is 14.6. The van der Waals surface area contributed by atoms with Gasteiger partial charge in [0.2, 0.25) is 0 Å². The molecule has 3 aromatic rings. The molecule has 0 amide bonds. The van der Waals surface area contributed by atoms with Gasteiger partial charge in [-0.25, -0.2) is 4.98 Å². The van der Waals surface area contributed by atoms with Gasteiger partial charge in [0.15, 0.2) is 0 Å². The summed E-state index contributed by atoms with van der Waals surface area (Å²) in [4.78, 5) is 5.70. The largest absolute Gasteiger partial charge is 0.371 e. The predicted molar refractivity (Wildman–Crippen MR) is 92.1 cm³/mol. The van der Waals surface area contributed by atoms with Crippen molar-refractivity contribution in [2.75, 3.05) is 5.32 Å². The third-order valence-electron chi connectivity index (χ3n) is 3.17. The van der Waals surface area contributed by atoms with Crippen molar-refractivity contribution in [1.29, 1.82) is 0 Å². The number of benzene rings is 1. The zero-order valence-electron chi connectivity index (χ0n) is 11.3. The Morgan fingerprint density at radius 3 is 2.86 bits per heavy atom. The fourth-order valence-electron chi connectivity index (χ4n) is 2.13. The van der Waals surface area contributed by atoms with Crippen LogP contribution in [0.15, 0.2) is 52.6 Å². The zero-order valence-corrected chi connectivity index (χ0v) is 14.4. The van der Waals surface area contributed by atoms with Gasteiger partial charge in [-0.15, -0.1) is 11.3 Å². The van der Waals surface area contributed by atoms with Gasteiger partial charge in [-0.05, 0) is 45.6 Å². The Kier molecular flexibility index (Phi) is 4.33. The molecule has 1 aromatic carbocycles. The minimum absolute atomic E-state index is 0.0121. The number of nitrogens with zero attached hydrogens (tertiary/aromatic N) is 2. The van der Waals surface area contributed by atoms with Crippen LogP contribution in [0.1, 0.15) is 16.7 Å². The van der Waals surface area contributed by atoms with Gasteiger partial charge in [-0.2, -0.15) is 0 Å². The highest BCUT2D eigenvalue weighted by molar-refractivity contribution is 9.10. The molecular formula is C15H13BrClN3S. The van der Waals surface area contributed by atoms with Crippen LogP contribution in [0.2, 0.25) is 5.02 Å². The molecule has 0 fully saturated rings. The lowest BCUT2D eigenvalue weighted by Crippen LogP contribution is -2.15. The van der Waals surface area contributed by atoms with Gasteiger partial charge in [-0.3, -0.25) is 0 Å². The molecule has 0 aliphatic rings. The van der Waals surface area contributed by atoms with E-state index in [4.69, 9.17) is 11.6 Å². The topological polar surface area (TPSA) is 29.9 Å². The average molecular weight is 383 g/mol. The number of imidazole rings is 1. The van der Waals surface area contributed by atoms with Crippen molar-refractivity contribution in [3.8, 4) is 0 Å². The van der Waals surface area contributed by atoms with Crippen LogP contribution < -0.4 is 5.32 Å². The molecule has 1 unspecified atom stereocenters. The molecule has 0 aliphatic carbocycles. The van der Waals surface area contributed by atoms with Gasteiger partial charge in [-0.1, -0.05) is 17.7 Å². The van der Waals surface area contributed by atoms with Gasteiger partial charge < -0.3 is 9.88 Å².